The van der Waals surface area contributed by atoms with Crippen molar-refractivity contribution in [2.45, 2.75) is 115 Å². The van der Waals surface area contributed by atoms with Gasteiger partial charge < -0.3 is 16.0 Å². The summed E-state index contributed by atoms with van der Waals surface area (Å²) in [6, 6.07) is 2.11. The third-order valence-electron chi connectivity index (χ3n) is 9.03. The van der Waals surface area contributed by atoms with Gasteiger partial charge in [-0.05, 0) is 81.0 Å². The quantitative estimate of drug-likeness (QED) is 0.691. The second kappa shape index (κ2) is 7.91. The number of amides is 1. The summed E-state index contributed by atoms with van der Waals surface area (Å²) in [5.41, 5.74) is 0. The SMILES string of the molecule is CC1CCCC2CC(C(=O)NC(C3CC3)C3NC4CCCCC4CC3C)NC12. The Morgan fingerprint density at radius 3 is 2.43 bits per heavy atom. The molecule has 3 saturated carbocycles. The zero-order chi connectivity index (χ0) is 19.3. The molecule has 0 aromatic carbocycles. The van der Waals surface area contributed by atoms with Gasteiger partial charge in [-0.3, -0.25) is 4.79 Å². The standard InChI is InChI=1S/C24H41N3O/c1-14-6-5-8-18-13-20(26-21(14)18)24(28)27-23(16-10-11-16)22-15(2)12-17-7-3-4-9-19(17)25-22/h14-23,25-26H,3-13H2,1-2H3,(H,27,28). The molecule has 2 aliphatic heterocycles. The molecule has 0 spiro atoms. The van der Waals surface area contributed by atoms with Crippen molar-refractivity contribution in [3.63, 3.8) is 0 Å². The van der Waals surface area contributed by atoms with E-state index >= 15 is 0 Å². The van der Waals surface area contributed by atoms with E-state index in [2.05, 4.69) is 29.8 Å². The lowest BCUT2D eigenvalue weighted by atomic mass is 9.72. The molecule has 4 heteroatoms. The third kappa shape index (κ3) is 3.76. The highest BCUT2D eigenvalue weighted by atomic mass is 16.2. The van der Waals surface area contributed by atoms with Crippen molar-refractivity contribution in [3.05, 3.63) is 0 Å². The molecular formula is C24H41N3O. The van der Waals surface area contributed by atoms with Crippen LogP contribution in [-0.2, 0) is 4.79 Å². The number of hydrogen-bond acceptors (Lipinski definition) is 3. The molecule has 3 aliphatic carbocycles. The first-order valence-corrected chi connectivity index (χ1v) is 12.4. The number of carbonyl (C=O) groups excluding carboxylic acids is 1. The largest absolute Gasteiger partial charge is 0.350 e. The molecule has 9 atom stereocenters. The zero-order valence-electron chi connectivity index (χ0n) is 18.0. The van der Waals surface area contributed by atoms with Crippen molar-refractivity contribution in [1.82, 2.24) is 16.0 Å². The molecule has 158 valence electrons. The summed E-state index contributed by atoms with van der Waals surface area (Å²) < 4.78 is 0. The lowest BCUT2D eigenvalue weighted by Crippen LogP contribution is -2.63. The van der Waals surface area contributed by atoms with Gasteiger partial charge in [-0.15, -0.1) is 0 Å². The molecule has 0 bridgehead atoms. The van der Waals surface area contributed by atoms with E-state index < -0.39 is 0 Å². The summed E-state index contributed by atoms with van der Waals surface area (Å²) in [7, 11) is 0. The van der Waals surface area contributed by atoms with E-state index in [-0.39, 0.29) is 6.04 Å². The first kappa shape index (κ1) is 19.4. The minimum atomic E-state index is 0.0399. The van der Waals surface area contributed by atoms with Gasteiger partial charge in [0, 0.05) is 24.2 Å². The average molecular weight is 388 g/mol. The van der Waals surface area contributed by atoms with E-state index in [1.165, 1.54) is 64.2 Å². The van der Waals surface area contributed by atoms with Crippen LogP contribution >= 0.6 is 0 Å². The Hall–Kier alpha value is -0.610. The molecule has 0 aromatic heterocycles. The van der Waals surface area contributed by atoms with E-state index in [4.69, 9.17) is 0 Å². The van der Waals surface area contributed by atoms with Crippen LogP contribution in [0.2, 0.25) is 0 Å². The fourth-order valence-electron chi connectivity index (χ4n) is 7.30. The molecule has 2 saturated heterocycles. The highest BCUT2D eigenvalue weighted by molar-refractivity contribution is 5.82. The van der Waals surface area contributed by atoms with Crippen LogP contribution < -0.4 is 16.0 Å². The van der Waals surface area contributed by atoms with Crippen molar-refractivity contribution in [1.29, 1.82) is 0 Å². The summed E-state index contributed by atoms with van der Waals surface area (Å²) in [6.45, 7) is 4.79. The summed E-state index contributed by atoms with van der Waals surface area (Å²) in [4.78, 5) is 13.3. The van der Waals surface area contributed by atoms with E-state index in [1.807, 2.05) is 0 Å². The highest BCUT2D eigenvalue weighted by Gasteiger charge is 2.47. The zero-order valence-corrected chi connectivity index (χ0v) is 18.0. The number of piperidine rings is 1. The molecule has 9 unspecified atom stereocenters. The van der Waals surface area contributed by atoms with Crippen LogP contribution in [0, 0.1) is 29.6 Å². The molecule has 0 radical (unpaired) electrons. The van der Waals surface area contributed by atoms with Crippen LogP contribution in [0.5, 0.6) is 0 Å². The van der Waals surface area contributed by atoms with Crippen LogP contribution in [0.15, 0.2) is 0 Å². The summed E-state index contributed by atoms with van der Waals surface area (Å²) >= 11 is 0. The van der Waals surface area contributed by atoms with Crippen molar-refractivity contribution in [2.75, 3.05) is 0 Å². The Kier molecular flexibility index (Phi) is 5.47. The lowest BCUT2D eigenvalue weighted by molar-refractivity contribution is -0.124. The predicted octanol–water partition coefficient (Wildman–Crippen LogP) is 3.60. The first-order chi connectivity index (χ1) is 13.6. The predicted molar refractivity (Wildman–Crippen MR) is 113 cm³/mol. The van der Waals surface area contributed by atoms with Crippen LogP contribution in [0.1, 0.15) is 84.5 Å². The molecule has 5 fully saturated rings. The van der Waals surface area contributed by atoms with Crippen molar-refractivity contribution >= 4 is 5.91 Å². The lowest BCUT2D eigenvalue weighted by Gasteiger charge is -2.47. The fraction of sp³-hybridized carbons (Fsp3) is 0.958. The molecular weight excluding hydrogens is 346 g/mol. The van der Waals surface area contributed by atoms with E-state index in [9.17, 15) is 4.79 Å². The number of nitrogens with one attached hydrogen (secondary N) is 3. The topological polar surface area (TPSA) is 53.2 Å². The number of hydrogen-bond donors (Lipinski definition) is 3. The van der Waals surface area contributed by atoms with Gasteiger partial charge in [0.2, 0.25) is 5.91 Å². The Labute approximate surface area is 171 Å². The molecule has 2 heterocycles. The van der Waals surface area contributed by atoms with Gasteiger partial charge in [0.25, 0.3) is 0 Å². The van der Waals surface area contributed by atoms with Gasteiger partial charge in [-0.2, -0.15) is 0 Å². The van der Waals surface area contributed by atoms with Crippen LogP contribution in [0.3, 0.4) is 0 Å². The van der Waals surface area contributed by atoms with Crippen LogP contribution in [0.4, 0.5) is 0 Å². The Morgan fingerprint density at radius 2 is 1.64 bits per heavy atom. The molecule has 5 rings (SSSR count). The molecule has 4 nitrogen and oxygen atoms in total. The Morgan fingerprint density at radius 1 is 0.857 bits per heavy atom. The number of rotatable bonds is 4. The second-order valence-corrected chi connectivity index (χ2v) is 11.1. The minimum Gasteiger partial charge on any atom is -0.350 e. The second-order valence-electron chi connectivity index (χ2n) is 11.1. The van der Waals surface area contributed by atoms with Crippen LogP contribution in [0.25, 0.3) is 0 Å². The maximum absolute atomic E-state index is 13.3. The third-order valence-corrected chi connectivity index (χ3v) is 9.03. The summed E-state index contributed by atoms with van der Waals surface area (Å²) in [5, 5.41) is 11.4. The van der Waals surface area contributed by atoms with Gasteiger partial charge in [0.15, 0.2) is 0 Å². The summed E-state index contributed by atoms with van der Waals surface area (Å²) in [5.74, 6) is 3.97. The minimum absolute atomic E-state index is 0.0399. The molecule has 1 amide bonds. The van der Waals surface area contributed by atoms with Gasteiger partial charge >= 0.3 is 0 Å². The van der Waals surface area contributed by atoms with E-state index in [0.717, 1.165) is 18.3 Å². The van der Waals surface area contributed by atoms with Crippen molar-refractivity contribution in [2.24, 2.45) is 29.6 Å². The smallest absolute Gasteiger partial charge is 0.237 e. The molecule has 3 N–H and O–H groups in total. The number of fused-ring (bicyclic) bond motifs is 2. The average Bonchev–Trinajstić information content (AvgIpc) is 3.43. The molecule has 0 aromatic rings. The summed E-state index contributed by atoms with van der Waals surface area (Å²) in [6.07, 6.45) is 14.5. The maximum atomic E-state index is 13.3. The van der Waals surface area contributed by atoms with E-state index in [0.29, 0.717) is 47.8 Å². The van der Waals surface area contributed by atoms with E-state index in [1.54, 1.807) is 0 Å². The monoisotopic (exact) mass is 387 g/mol. The highest BCUT2D eigenvalue weighted by Crippen LogP contribution is 2.42. The van der Waals surface area contributed by atoms with Crippen molar-refractivity contribution < 1.29 is 4.79 Å². The maximum Gasteiger partial charge on any atom is 0.237 e. The normalized spacial score (nSPS) is 47.1. The van der Waals surface area contributed by atoms with Gasteiger partial charge in [-0.1, -0.05) is 33.1 Å². The molecule has 28 heavy (non-hydrogen) atoms. The van der Waals surface area contributed by atoms with Crippen molar-refractivity contribution in [3.8, 4) is 0 Å². The fourth-order valence-corrected chi connectivity index (χ4v) is 7.30. The first-order valence-electron chi connectivity index (χ1n) is 12.4. The Balaban J connectivity index is 1.24. The van der Waals surface area contributed by atoms with Gasteiger partial charge in [-0.25, -0.2) is 0 Å². The van der Waals surface area contributed by atoms with Crippen LogP contribution in [-0.4, -0.2) is 36.1 Å². The number of carbonyl (C=O) groups is 1. The van der Waals surface area contributed by atoms with Gasteiger partial charge in [0.05, 0.1) is 6.04 Å². The van der Waals surface area contributed by atoms with Gasteiger partial charge in [0.1, 0.15) is 0 Å². The Bertz CT molecular complexity index is 576. The molecule has 5 aliphatic rings.